The van der Waals surface area contributed by atoms with Crippen LogP contribution in [-0.2, 0) is 14.3 Å². The normalized spacial score (nSPS) is 10.6. The minimum absolute atomic E-state index is 0.312. The molecule has 0 heterocycles. The van der Waals surface area contributed by atoms with Crippen LogP contribution in [0.4, 0.5) is 0 Å². The Bertz CT molecular complexity index is 644. The van der Waals surface area contributed by atoms with Crippen molar-refractivity contribution in [1.82, 2.24) is 0 Å². The fourth-order valence-corrected chi connectivity index (χ4v) is 2.69. The molecule has 152 valence electrons. The summed E-state index contributed by atoms with van der Waals surface area (Å²) in [7, 11) is 0. The molecule has 0 aliphatic heterocycles. The second kappa shape index (κ2) is 15.4. The second-order valence-corrected chi connectivity index (χ2v) is 6.74. The summed E-state index contributed by atoms with van der Waals surface area (Å²) in [6.07, 6.45) is 14.3. The van der Waals surface area contributed by atoms with Gasteiger partial charge in [0.15, 0.2) is 0 Å². The number of hydrogen-bond acceptors (Lipinski definition) is 5. The fourth-order valence-electron chi connectivity index (χ4n) is 2.69. The highest BCUT2D eigenvalue weighted by Crippen LogP contribution is 2.12. The zero-order valence-corrected chi connectivity index (χ0v) is 16.8. The molecule has 0 atom stereocenters. The van der Waals surface area contributed by atoms with Gasteiger partial charge >= 0.3 is 11.9 Å². The van der Waals surface area contributed by atoms with Crippen LogP contribution in [0.5, 0.6) is 5.75 Å². The molecule has 0 spiro atoms. The van der Waals surface area contributed by atoms with Crippen molar-refractivity contribution in [3.8, 4) is 11.8 Å². The zero-order valence-electron chi connectivity index (χ0n) is 16.8. The molecule has 1 aromatic rings. The van der Waals surface area contributed by atoms with Gasteiger partial charge in [-0.25, -0.2) is 9.59 Å². The summed E-state index contributed by atoms with van der Waals surface area (Å²) in [6.45, 7) is 2.59. The van der Waals surface area contributed by atoms with Gasteiger partial charge in [-0.2, -0.15) is 5.26 Å². The molecule has 0 aliphatic carbocycles. The molecule has 0 bridgehead atoms. The molecule has 28 heavy (non-hydrogen) atoms. The number of hydrogen-bond donors (Lipinski definition) is 0. The summed E-state index contributed by atoms with van der Waals surface area (Å²) in [4.78, 5) is 23.2. The highest BCUT2D eigenvalue weighted by atomic mass is 16.5. The van der Waals surface area contributed by atoms with Crippen LogP contribution in [0.15, 0.2) is 36.4 Å². The van der Waals surface area contributed by atoms with E-state index in [0.29, 0.717) is 17.9 Å². The lowest BCUT2D eigenvalue weighted by atomic mass is 10.1. The molecule has 0 radical (unpaired) electrons. The van der Waals surface area contributed by atoms with Gasteiger partial charge in [-0.05, 0) is 30.7 Å². The van der Waals surface area contributed by atoms with Gasteiger partial charge in [-0.15, -0.1) is 0 Å². The molecule has 0 fully saturated rings. The Morgan fingerprint density at radius 3 is 1.96 bits per heavy atom. The number of carbonyl (C=O) groups excluding carboxylic acids is 2. The summed E-state index contributed by atoms with van der Waals surface area (Å²) in [6, 6.07) is 8.12. The maximum atomic E-state index is 11.6. The minimum atomic E-state index is -0.666. The molecular weight excluding hydrogens is 354 g/mol. The van der Waals surface area contributed by atoms with E-state index in [-0.39, 0.29) is 0 Å². The molecule has 1 aromatic carbocycles. The minimum Gasteiger partial charge on any atom is -0.463 e. The Balaban J connectivity index is 2.04. The Kier molecular flexibility index (Phi) is 12.9. The van der Waals surface area contributed by atoms with Crippen molar-refractivity contribution < 1.29 is 19.1 Å². The Hall–Kier alpha value is -2.61. The zero-order chi connectivity index (χ0) is 20.5. The molecule has 0 unspecified atom stereocenters. The van der Waals surface area contributed by atoms with Gasteiger partial charge < -0.3 is 9.47 Å². The molecule has 0 amide bonds. The van der Waals surface area contributed by atoms with E-state index >= 15 is 0 Å². The van der Waals surface area contributed by atoms with Crippen molar-refractivity contribution in [2.45, 2.75) is 71.1 Å². The molecule has 0 aliphatic rings. The first-order valence-electron chi connectivity index (χ1n) is 10.2. The van der Waals surface area contributed by atoms with Gasteiger partial charge in [0.05, 0.1) is 18.2 Å². The molecule has 5 heteroatoms. The van der Waals surface area contributed by atoms with E-state index in [4.69, 9.17) is 14.7 Å². The maximum Gasteiger partial charge on any atom is 0.336 e. The first-order valence-corrected chi connectivity index (χ1v) is 10.2. The first kappa shape index (κ1) is 23.4. The van der Waals surface area contributed by atoms with Gasteiger partial charge in [0.1, 0.15) is 5.75 Å². The van der Waals surface area contributed by atoms with E-state index in [9.17, 15) is 9.59 Å². The van der Waals surface area contributed by atoms with Crippen LogP contribution in [0.1, 0.15) is 76.7 Å². The number of nitriles is 1. The molecule has 0 saturated carbocycles. The van der Waals surface area contributed by atoms with Crippen molar-refractivity contribution in [2.75, 3.05) is 6.61 Å². The first-order chi connectivity index (χ1) is 13.7. The summed E-state index contributed by atoms with van der Waals surface area (Å²) in [5, 5.41) is 8.71. The Morgan fingerprint density at radius 2 is 1.39 bits per heavy atom. The van der Waals surface area contributed by atoms with E-state index in [1.807, 2.05) is 6.07 Å². The van der Waals surface area contributed by atoms with E-state index < -0.39 is 11.9 Å². The standard InChI is InChI=1S/C23H31NO4/c1-2-3-4-5-6-7-8-9-10-11-18-27-22(25)16-17-23(26)28-21-14-12-20(19-24)13-15-21/h12-17H,2-11,18H2,1H3/b17-16+. The third-order valence-electron chi connectivity index (χ3n) is 4.30. The number of nitrogens with zero attached hydrogens (tertiary/aromatic N) is 1. The summed E-state index contributed by atoms with van der Waals surface area (Å²) < 4.78 is 10.1. The molecule has 5 nitrogen and oxygen atoms in total. The highest BCUT2D eigenvalue weighted by molar-refractivity contribution is 5.92. The van der Waals surface area contributed by atoms with Crippen molar-refractivity contribution >= 4 is 11.9 Å². The number of rotatable bonds is 14. The van der Waals surface area contributed by atoms with Crippen molar-refractivity contribution in [2.24, 2.45) is 0 Å². The number of unbranched alkanes of at least 4 members (excludes halogenated alkanes) is 9. The smallest absolute Gasteiger partial charge is 0.336 e. The van der Waals surface area contributed by atoms with Crippen molar-refractivity contribution in [3.05, 3.63) is 42.0 Å². The molecular formula is C23H31NO4. The molecule has 0 N–H and O–H groups in total. The maximum absolute atomic E-state index is 11.6. The van der Waals surface area contributed by atoms with E-state index in [2.05, 4.69) is 6.92 Å². The van der Waals surface area contributed by atoms with Gasteiger partial charge in [0.25, 0.3) is 0 Å². The molecule has 1 rings (SSSR count). The lowest BCUT2D eigenvalue weighted by molar-refractivity contribution is -0.138. The van der Waals surface area contributed by atoms with Crippen LogP contribution >= 0.6 is 0 Å². The average Bonchev–Trinajstić information content (AvgIpc) is 2.71. The summed E-state index contributed by atoms with van der Waals surface area (Å²) in [5.41, 5.74) is 0.478. The Labute approximate surface area is 168 Å². The van der Waals surface area contributed by atoms with Crippen LogP contribution in [0.2, 0.25) is 0 Å². The van der Waals surface area contributed by atoms with Crippen molar-refractivity contribution in [3.63, 3.8) is 0 Å². The Morgan fingerprint density at radius 1 is 0.857 bits per heavy atom. The van der Waals surface area contributed by atoms with Crippen LogP contribution in [-0.4, -0.2) is 18.5 Å². The number of benzene rings is 1. The van der Waals surface area contributed by atoms with Crippen LogP contribution in [0.3, 0.4) is 0 Å². The summed E-state index contributed by atoms with van der Waals surface area (Å²) >= 11 is 0. The summed E-state index contributed by atoms with van der Waals surface area (Å²) in [5.74, 6) is -0.902. The van der Waals surface area contributed by atoms with E-state index in [0.717, 1.165) is 31.4 Å². The van der Waals surface area contributed by atoms with Gasteiger partial charge in [-0.3, -0.25) is 0 Å². The predicted molar refractivity (Wildman–Crippen MR) is 109 cm³/mol. The fraction of sp³-hybridized carbons (Fsp3) is 0.522. The van der Waals surface area contributed by atoms with Gasteiger partial charge in [0, 0.05) is 12.2 Å². The monoisotopic (exact) mass is 385 g/mol. The van der Waals surface area contributed by atoms with Gasteiger partial charge in [0.2, 0.25) is 0 Å². The van der Waals surface area contributed by atoms with Crippen LogP contribution in [0.25, 0.3) is 0 Å². The third kappa shape index (κ3) is 11.9. The number of esters is 2. The van der Waals surface area contributed by atoms with Crippen LogP contribution < -0.4 is 4.74 Å². The van der Waals surface area contributed by atoms with E-state index in [1.54, 1.807) is 12.1 Å². The van der Waals surface area contributed by atoms with Crippen LogP contribution in [0, 0.1) is 11.3 Å². The predicted octanol–water partition coefficient (Wildman–Crippen LogP) is 5.48. The quantitative estimate of drug-likeness (QED) is 0.183. The molecule has 0 aromatic heterocycles. The number of ether oxygens (including phenoxy) is 2. The highest BCUT2D eigenvalue weighted by Gasteiger charge is 2.03. The average molecular weight is 386 g/mol. The third-order valence-corrected chi connectivity index (χ3v) is 4.30. The largest absolute Gasteiger partial charge is 0.463 e. The number of carbonyl (C=O) groups is 2. The van der Waals surface area contributed by atoms with E-state index in [1.165, 1.54) is 57.1 Å². The topological polar surface area (TPSA) is 76.4 Å². The molecule has 0 saturated heterocycles. The second-order valence-electron chi connectivity index (χ2n) is 6.74. The van der Waals surface area contributed by atoms with Crippen molar-refractivity contribution in [1.29, 1.82) is 5.26 Å². The SMILES string of the molecule is CCCCCCCCCCCCOC(=O)/C=C/C(=O)Oc1ccc(C#N)cc1. The van der Waals surface area contributed by atoms with Gasteiger partial charge in [-0.1, -0.05) is 64.7 Å². The lowest BCUT2D eigenvalue weighted by Crippen LogP contribution is -2.07. The lowest BCUT2D eigenvalue weighted by Gasteiger charge is -2.03.